The summed E-state index contributed by atoms with van der Waals surface area (Å²) in [6.45, 7) is 4.69. The summed E-state index contributed by atoms with van der Waals surface area (Å²) in [5.74, 6) is -1.68. The monoisotopic (exact) mass is 908 g/mol. The number of likely N-dealkylation sites (tertiary alicyclic amines) is 1. The standard InChI is InChI=1S/C42H65FN8O13/c1-16-27-31(51(19-6-7-19)17(2)28(34(27)54)40(57)58)39(59-3)32(29(16)43)50-12-18-5-4-8-49(23(18)13-50)15-60-14-26-33(53)30(48)35(55)42(62-26)64-38-21(46)9-20(45)37(36(38)56)63-41-22(47)10-24(52)25(11-44)61-41/h18-26,30,33,35-38,41-42,52-53,55-56H,4-15,44-48H2,1-3H3,(H,57,58)/t18?,20-,21+,22+,23?,24-,25+,26+,30-,33+,35+,36-,37+,38-,41+,42+/m0/s1. The number of halogens is 1. The fraction of sp³-hybridized carbons (Fsp3) is 0.762. The van der Waals surface area contributed by atoms with E-state index in [1.165, 1.54) is 14.0 Å². The summed E-state index contributed by atoms with van der Waals surface area (Å²) in [6.07, 6.45) is -8.11. The normalized spacial score (nSPS) is 38.4. The molecule has 358 valence electrons. The van der Waals surface area contributed by atoms with Gasteiger partial charge in [-0.05, 0) is 58.3 Å². The van der Waals surface area contributed by atoms with Gasteiger partial charge in [-0.3, -0.25) is 9.69 Å². The van der Waals surface area contributed by atoms with Crippen LogP contribution in [0.15, 0.2) is 4.79 Å². The van der Waals surface area contributed by atoms with Crippen LogP contribution in [0, 0.1) is 25.6 Å². The highest BCUT2D eigenvalue weighted by Crippen LogP contribution is 2.48. The number of carboxylic acid groups (broad SMARTS) is 1. The van der Waals surface area contributed by atoms with E-state index in [1.807, 2.05) is 9.47 Å². The zero-order valence-corrected chi connectivity index (χ0v) is 36.4. The van der Waals surface area contributed by atoms with Gasteiger partial charge in [0.05, 0.1) is 55.6 Å². The Balaban J connectivity index is 0.941. The molecule has 64 heavy (non-hydrogen) atoms. The van der Waals surface area contributed by atoms with Gasteiger partial charge >= 0.3 is 5.97 Å². The lowest BCUT2D eigenvalue weighted by Crippen LogP contribution is -2.68. The summed E-state index contributed by atoms with van der Waals surface area (Å²) in [5.41, 5.74) is 30.9. The first-order chi connectivity index (χ1) is 30.5. The van der Waals surface area contributed by atoms with Crippen molar-refractivity contribution in [3.63, 3.8) is 0 Å². The third-order valence-electron chi connectivity index (χ3n) is 14.3. The summed E-state index contributed by atoms with van der Waals surface area (Å²) < 4.78 is 54.7. The number of nitrogens with two attached hydrogens (primary N) is 5. The average molecular weight is 909 g/mol. The first-order valence-electron chi connectivity index (χ1n) is 22.3. The van der Waals surface area contributed by atoms with Crippen molar-refractivity contribution in [2.24, 2.45) is 34.6 Å². The molecule has 8 rings (SSSR count). The highest BCUT2D eigenvalue weighted by Gasteiger charge is 2.51. The maximum atomic E-state index is 16.7. The number of nitrogens with zero attached hydrogens (tertiary/aromatic N) is 3. The predicted octanol–water partition coefficient (Wildman–Crippen LogP) is -2.60. The Morgan fingerprint density at radius 3 is 2.20 bits per heavy atom. The Morgan fingerprint density at radius 2 is 1.56 bits per heavy atom. The third-order valence-corrected chi connectivity index (χ3v) is 14.3. The zero-order chi connectivity index (χ0) is 46.0. The van der Waals surface area contributed by atoms with Gasteiger partial charge in [0.2, 0.25) is 5.43 Å². The number of carboxylic acids is 1. The van der Waals surface area contributed by atoms with Gasteiger partial charge in [-0.25, -0.2) is 9.18 Å². The number of hydrogen-bond donors (Lipinski definition) is 10. The van der Waals surface area contributed by atoms with Crippen LogP contribution in [0.3, 0.4) is 0 Å². The fourth-order valence-corrected chi connectivity index (χ4v) is 10.7. The van der Waals surface area contributed by atoms with Crippen LogP contribution in [0.1, 0.15) is 66.2 Å². The molecule has 0 radical (unpaired) electrons. The lowest BCUT2D eigenvalue weighted by atomic mass is 9.84. The Labute approximate surface area is 369 Å². The smallest absolute Gasteiger partial charge is 0.341 e. The molecule has 2 aromatic rings. The van der Waals surface area contributed by atoms with Crippen molar-refractivity contribution < 1.29 is 63.1 Å². The van der Waals surface area contributed by atoms with Crippen molar-refractivity contribution in [1.29, 1.82) is 0 Å². The Bertz CT molecular complexity index is 2100. The van der Waals surface area contributed by atoms with E-state index in [0.717, 1.165) is 25.7 Å². The number of ether oxygens (including phenoxy) is 6. The number of fused-ring (bicyclic) bond motifs is 2. The Morgan fingerprint density at radius 1 is 0.891 bits per heavy atom. The van der Waals surface area contributed by atoms with E-state index in [9.17, 15) is 35.1 Å². The van der Waals surface area contributed by atoms with Crippen LogP contribution in [-0.2, 0) is 23.7 Å². The second kappa shape index (κ2) is 18.8. The highest BCUT2D eigenvalue weighted by molar-refractivity contribution is 6.00. The topological polar surface area (TPSA) is 332 Å². The second-order valence-electron chi connectivity index (χ2n) is 18.5. The van der Waals surface area contributed by atoms with Crippen molar-refractivity contribution in [3.05, 3.63) is 32.9 Å². The van der Waals surface area contributed by atoms with Crippen LogP contribution < -0.4 is 43.7 Å². The molecule has 2 unspecified atom stereocenters. The number of anilines is 1. The van der Waals surface area contributed by atoms with E-state index >= 15 is 4.39 Å². The lowest BCUT2D eigenvalue weighted by Gasteiger charge is -2.48. The molecule has 5 heterocycles. The molecule has 16 atom stereocenters. The van der Waals surface area contributed by atoms with E-state index in [1.54, 1.807) is 6.92 Å². The number of aromatic nitrogens is 1. The number of aromatic carboxylic acids is 1. The number of aryl methyl sites for hydroxylation is 1. The molecule has 2 saturated carbocycles. The molecular formula is C42H65FN8O13. The largest absolute Gasteiger partial charge is 0.492 e. The molecule has 0 spiro atoms. The molecule has 1 aromatic carbocycles. The number of methoxy groups -OCH3 is 1. The van der Waals surface area contributed by atoms with E-state index in [-0.39, 0.29) is 78.7 Å². The van der Waals surface area contributed by atoms with Gasteiger partial charge in [0.15, 0.2) is 24.1 Å². The highest BCUT2D eigenvalue weighted by atomic mass is 19.1. The first kappa shape index (κ1) is 47.3. The fourth-order valence-electron chi connectivity index (χ4n) is 10.7. The molecule has 2 aliphatic carbocycles. The number of piperidine rings is 1. The van der Waals surface area contributed by atoms with Gasteiger partial charge in [-0.15, -0.1) is 0 Å². The summed E-state index contributed by atoms with van der Waals surface area (Å²) in [7, 11) is 1.43. The van der Waals surface area contributed by atoms with Gasteiger partial charge in [0.1, 0.15) is 47.9 Å². The van der Waals surface area contributed by atoms with Crippen molar-refractivity contribution >= 4 is 22.6 Å². The molecule has 1 aromatic heterocycles. The molecule has 4 aliphatic heterocycles. The molecule has 22 heteroatoms. The molecule has 0 amide bonds. The summed E-state index contributed by atoms with van der Waals surface area (Å²) in [4.78, 5) is 30.0. The van der Waals surface area contributed by atoms with Gasteiger partial charge in [-0.2, -0.15) is 0 Å². The minimum Gasteiger partial charge on any atom is -0.492 e. The molecule has 6 fully saturated rings. The van der Waals surface area contributed by atoms with Gasteiger partial charge in [0, 0.05) is 61.6 Å². The molecule has 4 saturated heterocycles. The Kier molecular flexibility index (Phi) is 13.9. The maximum Gasteiger partial charge on any atom is 0.341 e. The minimum absolute atomic E-state index is 0.00493. The molecular weight excluding hydrogens is 844 g/mol. The molecule has 15 N–H and O–H groups in total. The van der Waals surface area contributed by atoms with E-state index in [4.69, 9.17) is 57.1 Å². The third kappa shape index (κ3) is 8.53. The van der Waals surface area contributed by atoms with Crippen LogP contribution in [0.25, 0.3) is 10.9 Å². The van der Waals surface area contributed by atoms with Crippen molar-refractivity contribution in [3.8, 4) is 5.75 Å². The second-order valence-corrected chi connectivity index (χ2v) is 18.5. The van der Waals surface area contributed by atoms with Crippen LogP contribution in [-0.4, -0.2) is 179 Å². The first-order valence-corrected chi connectivity index (χ1v) is 22.3. The van der Waals surface area contributed by atoms with Crippen molar-refractivity contribution in [2.75, 3.05) is 51.5 Å². The SMILES string of the molecule is COc1c(N2CC3CCCN(COC[C@H]4O[C@H](O[C@@H]5[C@@H](O)[C@H](O[C@H]6O[C@H](CN)[C@@H](O)C[C@H]6N)[C@@H](N)C[C@H]5N)[C@H](O)[C@@H](N)[C@@H]4O)C3C2)c(F)c(C)c2c(=O)c(C(=O)O)c(C)n(C3CC3)c12. The van der Waals surface area contributed by atoms with Gasteiger partial charge < -0.3 is 92.1 Å². The lowest BCUT2D eigenvalue weighted by molar-refractivity contribution is -0.316. The quantitative estimate of drug-likeness (QED) is 0.0985. The molecule has 21 nitrogen and oxygen atoms in total. The summed E-state index contributed by atoms with van der Waals surface area (Å²) in [5, 5.41) is 54.0. The number of hydrogen-bond acceptors (Lipinski definition) is 19. The maximum absolute atomic E-state index is 16.7. The average Bonchev–Trinajstić information content (AvgIpc) is 3.99. The van der Waals surface area contributed by atoms with Crippen LogP contribution in [0.5, 0.6) is 5.75 Å². The zero-order valence-electron chi connectivity index (χ0n) is 36.4. The van der Waals surface area contributed by atoms with E-state index in [2.05, 4.69) is 4.90 Å². The van der Waals surface area contributed by atoms with Crippen LogP contribution in [0.4, 0.5) is 10.1 Å². The van der Waals surface area contributed by atoms with E-state index in [0.29, 0.717) is 30.8 Å². The summed E-state index contributed by atoms with van der Waals surface area (Å²) >= 11 is 0. The number of carbonyl (C=O) groups is 1. The van der Waals surface area contributed by atoms with Crippen molar-refractivity contribution in [1.82, 2.24) is 9.47 Å². The van der Waals surface area contributed by atoms with E-state index < -0.39 is 103 Å². The van der Waals surface area contributed by atoms with Gasteiger partial charge in [-0.1, -0.05) is 0 Å². The molecule has 6 aliphatic rings. The van der Waals surface area contributed by atoms with Gasteiger partial charge in [0.25, 0.3) is 0 Å². The number of pyridine rings is 1. The Hall–Kier alpha value is -3.17. The number of aliphatic hydroxyl groups excluding tert-OH is 4. The number of benzene rings is 1. The summed E-state index contributed by atoms with van der Waals surface area (Å²) in [6, 6.07) is -3.65. The number of rotatable bonds is 13. The number of aliphatic hydroxyl groups is 4. The minimum atomic E-state index is -1.52. The van der Waals surface area contributed by atoms with Crippen molar-refractivity contribution in [2.45, 2.75) is 150 Å². The molecule has 0 bridgehead atoms. The predicted molar refractivity (Wildman–Crippen MR) is 227 cm³/mol. The van der Waals surface area contributed by atoms with Crippen LogP contribution >= 0.6 is 0 Å². The van der Waals surface area contributed by atoms with Crippen LogP contribution in [0.2, 0.25) is 0 Å².